The van der Waals surface area contributed by atoms with Crippen LogP contribution in [-0.2, 0) is 16.0 Å². The van der Waals surface area contributed by atoms with E-state index < -0.39 is 12.1 Å². The molecule has 2 aromatic rings. The molecule has 2 N–H and O–H groups in total. The van der Waals surface area contributed by atoms with Gasteiger partial charge in [0.2, 0.25) is 5.91 Å². The standard InChI is InChI=1S/C23H27N3O3S/c1-23(2)15-26(16-30-23)22(29)21(28)19(13-17-7-4-3-5-8-17)25-20(27)11-10-18-9-6-12-24-14-18/h3-12,14,19,21,28H,13,15-16H2,1-2H3,(H,25,27)/t19-,21-/m0/s1. The van der Waals surface area contributed by atoms with Crippen LogP contribution in [-0.4, -0.2) is 56.1 Å². The number of aromatic nitrogens is 1. The summed E-state index contributed by atoms with van der Waals surface area (Å²) >= 11 is 1.68. The van der Waals surface area contributed by atoms with Crippen molar-refractivity contribution in [2.75, 3.05) is 12.4 Å². The first-order chi connectivity index (χ1) is 14.3. The quantitative estimate of drug-likeness (QED) is 0.666. The molecule has 2 amide bonds. The molecule has 1 aliphatic heterocycles. The molecule has 0 spiro atoms. The number of pyridine rings is 1. The lowest BCUT2D eigenvalue weighted by molar-refractivity contribution is -0.141. The van der Waals surface area contributed by atoms with Crippen molar-refractivity contribution in [2.45, 2.75) is 37.2 Å². The monoisotopic (exact) mass is 425 g/mol. The van der Waals surface area contributed by atoms with E-state index in [1.54, 1.807) is 41.2 Å². The molecule has 1 aromatic heterocycles. The summed E-state index contributed by atoms with van der Waals surface area (Å²) in [6.07, 6.45) is 5.38. The number of thioether (sulfide) groups is 1. The Kier molecular flexibility index (Phi) is 7.29. The molecule has 0 unspecified atom stereocenters. The third-order valence-corrected chi connectivity index (χ3v) is 6.22. The van der Waals surface area contributed by atoms with Crippen LogP contribution in [0.5, 0.6) is 0 Å². The third kappa shape index (κ3) is 6.18. The molecule has 30 heavy (non-hydrogen) atoms. The van der Waals surface area contributed by atoms with Gasteiger partial charge in [0.1, 0.15) is 0 Å². The molecule has 1 aromatic carbocycles. The van der Waals surface area contributed by atoms with Crippen LogP contribution in [0.25, 0.3) is 6.08 Å². The summed E-state index contributed by atoms with van der Waals surface area (Å²) in [5.41, 5.74) is 1.72. The second kappa shape index (κ2) is 9.91. The number of amides is 2. The van der Waals surface area contributed by atoms with E-state index in [-0.39, 0.29) is 16.6 Å². The van der Waals surface area contributed by atoms with Gasteiger partial charge in [-0.05, 0) is 43.5 Å². The Balaban J connectivity index is 1.71. The maximum absolute atomic E-state index is 12.9. The highest BCUT2D eigenvalue weighted by molar-refractivity contribution is 8.00. The number of aliphatic hydroxyl groups is 1. The van der Waals surface area contributed by atoms with Crippen LogP contribution in [0.4, 0.5) is 0 Å². The van der Waals surface area contributed by atoms with Gasteiger partial charge in [0.15, 0.2) is 6.10 Å². The molecule has 0 aliphatic carbocycles. The Morgan fingerprint density at radius 3 is 2.67 bits per heavy atom. The second-order valence-electron chi connectivity index (χ2n) is 7.94. The fourth-order valence-electron chi connectivity index (χ4n) is 3.29. The maximum atomic E-state index is 12.9. The molecule has 0 bridgehead atoms. The minimum absolute atomic E-state index is 0.0417. The lowest BCUT2D eigenvalue weighted by Gasteiger charge is -2.27. The van der Waals surface area contributed by atoms with E-state index in [9.17, 15) is 14.7 Å². The second-order valence-corrected chi connectivity index (χ2v) is 9.59. The summed E-state index contributed by atoms with van der Waals surface area (Å²) in [5, 5.41) is 13.7. The molecule has 1 fully saturated rings. The van der Waals surface area contributed by atoms with Crippen molar-refractivity contribution in [3.8, 4) is 0 Å². The van der Waals surface area contributed by atoms with Crippen LogP contribution in [0.3, 0.4) is 0 Å². The minimum Gasteiger partial charge on any atom is -0.381 e. The number of nitrogens with one attached hydrogen (secondary N) is 1. The van der Waals surface area contributed by atoms with Gasteiger partial charge in [-0.3, -0.25) is 14.6 Å². The Bertz CT molecular complexity index is 887. The molecule has 1 aliphatic rings. The molecule has 158 valence electrons. The van der Waals surface area contributed by atoms with Crippen molar-refractivity contribution >= 4 is 29.7 Å². The zero-order valence-electron chi connectivity index (χ0n) is 17.2. The number of benzene rings is 1. The van der Waals surface area contributed by atoms with Crippen LogP contribution in [0.15, 0.2) is 60.9 Å². The molecular weight excluding hydrogens is 398 g/mol. The third-order valence-electron chi connectivity index (χ3n) is 4.87. The van der Waals surface area contributed by atoms with Crippen LogP contribution >= 0.6 is 11.8 Å². The Morgan fingerprint density at radius 2 is 2.03 bits per heavy atom. The molecule has 3 rings (SSSR count). The number of hydrogen-bond acceptors (Lipinski definition) is 5. The highest BCUT2D eigenvalue weighted by Crippen LogP contribution is 2.33. The van der Waals surface area contributed by atoms with Crippen molar-refractivity contribution in [2.24, 2.45) is 0 Å². The van der Waals surface area contributed by atoms with E-state index in [0.717, 1.165) is 11.1 Å². The predicted octanol–water partition coefficient (Wildman–Crippen LogP) is 2.49. The summed E-state index contributed by atoms with van der Waals surface area (Å²) in [6.45, 7) is 4.72. The number of aliphatic hydroxyl groups excluding tert-OH is 1. The van der Waals surface area contributed by atoms with Gasteiger partial charge in [-0.25, -0.2) is 0 Å². The van der Waals surface area contributed by atoms with Gasteiger partial charge < -0.3 is 15.3 Å². The lowest BCUT2D eigenvalue weighted by Crippen LogP contribution is -2.52. The van der Waals surface area contributed by atoms with E-state index >= 15 is 0 Å². The average molecular weight is 426 g/mol. The predicted molar refractivity (Wildman–Crippen MR) is 120 cm³/mol. The van der Waals surface area contributed by atoms with Gasteiger partial charge in [-0.1, -0.05) is 36.4 Å². The number of rotatable bonds is 7. The normalized spacial score (nSPS) is 17.6. The Labute approximate surface area is 181 Å². The lowest BCUT2D eigenvalue weighted by atomic mass is 10.00. The topological polar surface area (TPSA) is 82.5 Å². The van der Waals surface area contributed by atoms with E-state index in [0.29, 0.717) is 18.8 Å². The molecule has 6 nitrogen and oxygen atoms in total. The first-order valence-electron chi connectivity index (χ1n) is 9.87. The fraction of sp³-hybridized carbons (Fsp3) is 0.348. The molecule has 7 heteroatoms. The Morgan fingerprint density at radius 1 is 1.27 bits per heavy atom. The summed E-state index contributed by atoms with van der Waals surface area (Å²) in [7, 11) is 0. The van der Waals surface area contributed by atoms with Crippen LogP contribution in [0.1, 0.15) is 25.0 Å². The number of hydrogen-bond donors (Lipinski definition) is 2. The first-order valence-corrected chi connectivity index (χ1v) is 10.9. The summed E-state index contributed by atoms with van der Waals surface area (Å²) in [5.74, 6) is -0.191. The number of carbonyl (C=O) groups excluding carboxylic acids is 2. The van der Waals surface area contributed by atoms with Gasteiger partial charge in [0.25, 0.3) is 5.91 Å². The highest BCUT2D eigenvalue weighted by Gasteiger charge is 2.38. The van der Waals surface area contributed by atoms with Crippen molar-refractivity contribution in [1.29, 1.82) is 0 Å². The van der Waals surface area contributed by atoms with Crippen LogP contribution in [0.2, 0.25) is 0 Å². The molecule has 2 atom stereocenters. The zero-order valence-corrected chi connectivity index (χ0v) is 18.0. The summed E-state index contributed by atoms with van der Waals surface area (Å²) in [6, 6.07) is 12.4. The first kappa shape index (κ1) is 22.1. The van der Waals surface area contributed by atoms with Crippen molar-refractivity contribution in [3.63, 3.8) is 0 Å². The van der Waals surface area contributed by atoms with Gasteiger partial charge in [0.05, 0.1) is 11.9 Å². The zero-order chi connectivity index (χ0) is 21.6. The van der Waals surface area contributed by atoms with Crippen molar-refractivity contribution in [1.82, 2.24) is 15.2 Å². The average Bonchev–Trinajstić information content (AvgIpc) is 3.12. The van der Waals surface area contributed by atoms with Gasteiger partial charge >= 0.3 is 0 Å². The molecule has 2 heterocycles. The maximum Gasteiger partial charge on any atom is 0.254 e. The van der Waals surface area contributed by atoms with E-state index in [2.05, 4.69) is 24.1 Å². The summed E-state index contributed by atoms with van der Waals surface area (Å²) < 4.78 is -0.0417. The van der Waals surface area contributed by atoms with Crippen LogP contribution in [0, 0.1) is 0 Å². The van der Waals surface area contributed by atoms with Gasteiger partial charge in [0, 0.05) is 29.8 Å². The molecule has 0 radical (unpaired) electrons. The Hall–Kier alpha value is -2.64. The largest absolute Gasteiger partial charge is 0.381 e. The molecule has 1 saturated heterocycles. The van der Waals surface area contributed by atoms with E-state index in [1.165, 1.54) is 6.08 Å². The SMILES string of the molecule is CC1(C)CN(C(=O)[C@@H](O)[C@H](Cc2ccccc2)NC(=O)C=Cc2cccnc2)CS1. The number of nitrogens with zero attached hydrogens (tertiary/aromatic N) is 2. The molecule has 0 saturated carbocycles. The number of carbonyl (C=O) groups is 2. The van der Waals surface area contributed by atoms with E-state index in [1.807, 2.05) is 36.4 Å². The van der Waals surface area contributed by atoms with Crippen molar-refractivity contribution < 1.29 is 14.7 Å². The van der Waals surface area contributed by atoms with Gasteiger partial charge in [-0.2, -0.15) is 0 Å². The fourth-order valence-corrected chi connectivity index (χ4v) is 4.26. The molecular formula is C23H27N3O3S. The van der Waals surface area contributed by atoms with Crippen LogP contribution < -0.4 is 5.32 Å². The van der Waals surface area contributed by atoms with Gasteiger partial charge in [-0.15, -0.1) is 11.8 Å². The van der Waals surface area contributed by atoms with Crippen molar-refractivity contribution in [3.05, 3.63) is 72.1 Å². The highest BCUT2D eigenvalue weighted by atomic mass is 32.2. The smallest absolute Gasteiger partial charge is 0.254 e. The summed E-state index contributed by atoms with van der Waals surface area (Å²) in [4.78, 5) is 31.1. The van der Waals surface area contributed by atoms with E-state index in [4.69, 9.17) is 0 Å². The minimum atomic E-state index is -1.32.